The van der Waals surface area contributed by atoms with Gasteiger partial charge in [0.25, 0.3) is 0 Å². The normalized spacial score (nSPS) is 10.7. The van der Waals surface area contributed by atoms with E-state index in [9.17, 15) is 19.5 Å². The van der Waals surface area contributed by atoms with Gasteiger partial charge in [-0.15, -0.1) is 0 Å². The first kappa shape index (κ1) is 25.1. The summed E-state index contributed by atoms with van der Waals surface area (Å²) in [6.45, 7) is 2.29. The molecule has 0 heterocycles. The minimum atomic E-state index is -1.30. The summed E-state index contributed by atoms with van der Waals surface area (Å²) in [5.74, 6) is -3.34. The van der Waals surface area contributed by atoms with Crippen molar-refractivity contribution in [3.05, 3.63) is 70.3 Å². The number of ether oxygens (including phenoxy) is 1. The third kappa shape index (κ3) is 8.53. The first-order valence-corrected chi connectivity index (χ1v) is 11.2. The SMILES string of the molecule is Cc1ccc(CCCCCCCCCCOC(=O)c2cc(C(=O)O)ccc2C(=O)O)cc1. The zero-order valence-electron chi connectivity index (χ0n) is 18.6. The van der Waals surface area contributed by atoms with Gasteiger partial charge >= 0.3 is 17.9 Å². The Kier molecular flexibility index (Phi) is 10.4. The Bertz CT molecular complexity index is 901. The van der Waals surface area contributed by atoms with Gasteiger partial charge in [0.1, 0.15) is 0 Å². The number of aryl methyl sites for hydroxylation is 2. The lowest BCUT2D eigenvalue weighted by Crippen LogP contribution is -2.14. The summed E-state index contributed by atoms with van der Waals surface area (Å²) in [6.07, 6.45) is 9.80. The number of esters is 1. The van der Waals surface area contributed by atoms with E-state index in [1.165, 1.54) is 36.8 Å². The van der Waals surface area contributed by atoms with E-state index in [0.717, 1.165) is 43.9 Å². The van der Waals surface area contributed by atoms with Crippen LogP contribution in [0.2, 0.25) is 0 Å². The zero-order chi connectivity index (χ0) is 23.3. The second-order valence-electron chi connectivity index (χ2n) is 8.07. The van der Waals surface area contributed by atoms with Gasteiger partial charge in [0, 0.05) is 0 Å². The van der Waals surface area contributed by atoms with Gasteiger partial charge in [0.15, 0.2) is 0 Å². The highest BCUT2D eigenvalue weighted by molar-refractivity contribution is 6.04. The molecule has 0 saturated heterocycles. The van der Waals surface area contributed by atoms with E-state index in [0.29, 0.717) is 6.42 Å². The molecule has 172 valence electrons. The summed E-state index contributed by atoms with van der Waals surface area (Å²) < 4.78 is 5.17. The van der Waals surface area contributed by atoms with Crippen molar-refractivity contribution in [2.75, 3.05) is 6.61 Å². The van der Waals surface area contributed by atoms with Gasteiger partial charge in [-0.3, -0.25) is 0 Å². The number of rotatable bonds is 14. The zero-order valence-corrected chi connectivity index (χ0v) is 18.6. The number of carbonyl (C=O) groups is 3. The van der Waals surface area contributed by atoms with Gasteiger partial charge in [0.2, 0.25) is 0 Å². The summed E-state index contributed by atoms with van der Waals surface area (Å²) >= 11 is 0. The Morgan fingerprint density at radius 2 is 1.31 bits per heavy atom. The van der Waals surface area contributed by atoms with Gasteiger partial charge in [0.05, 0.1) is 23.3 Å². The van der Waals surface area contributed by atoms with Crippen LogP contribution in [0.1, 0.15) is 93.6 Å². The minimum absolute atomic E-state index is 0.152. The Morgan fingerprint density at radius 1 is 0.719 bits per heavy atom. The smallest absolute Gasteiger partial charge is 0.339 e. The van der Waals surface area contributed by atoms with Crippen LogP contribution in [0, 0.1) is 6.92 Å². The maximum Gasteiger partial charge on any atom is 0.339 e. The van der Waals surface area contributed by atoms with Gasteiger partial charge in [-0.25, -0.2) is 14.4 Å². The molecule has 6 heteroatoms. The fourth-order valence-electron chi connectivity index (χ4n) is 3.52. The Morgan fingerprint density at radius 3 is 1.91 bits per heavy atom. The van der Waals surface area contributed by atoms with Crippen LogP contribution in [0.25, 0.3) is 0 Å². The monoisotopic (exact) mass is 440 g/mol. The number of carboxylic acid groups (broad SMARTS) is 2. The summed E-state index contributed by atoms with van der Waals surface area (Å²) in [4.78, 5) is 34.6. The molecule has 0 aliphatic carbocycles. The molecule has 2 aromatic carbocycles. The quantitative estimate of drug-likeness (QED) is 0.280. The largest absolute Gasteiger partial charge is 0.478 e. The lowest BCUT2D eigenvalue weighted by molar-refractivity contribution is 0.0487. The van der Waals surface area contributed by atoms with Crippen LogP contribution < -0.4 is 0 Å². The molecule has 0 fully saturated rings. The summed E-state index contributed by atoms with van der Waals surface area (Å²) in [5.41, 5.74) is 2.04. The number of carbonyl (C=O) groups excluding carboxylic acids is 1. The van der Waals surface area contributed by atoms with Gasteiger partial charge in [-0.2, -0.15) is 0 Å². The Balaban J connectivity index is 1.56. The average Bonchev–Trinajstić information content (AvgIpc) is 2.77. The fraction of sp³-hybridized carbons (Fsp3) is 0.423. The van der Waals surface area contributed by atoms with Crippen molar-refractivity contribution >= 4 is 17.9 Å². The first-order chi connectivity index (χ1) is 15.4. The maximum atomic E-state index is 12.2. The van der Waals surface area contributed by atoms with Crippen molar-refractivity contribution in [3.63, 3.8) is 0 Å². The molecule has 2 rings (SSSR count). The van der Waals surface area contributed by atoms with E-state index >= 15 is 0 Å². The lowest BCUT2D eigenvalue weighted by Gasteiger charge is -2.08. The van der Waals surface area contributed by atoms with E-state index in [4.69, 9.17) is 9.84 Å². The van der Waals surface area contributed by atoms with Gasteiger partial charge < -0.3 is 14.9 Å². The number of carboxylic acids is 2. The van der Waals surface area contributed by atoms with Crippen LogP contribution in [-0.4, -0.2) is 34.7 Å². The molecule has 32 heavy (non-hydrogen) atoms. The average molecular weight is 441 g/mol. The molecular weight excluding hydrogens is 408 g/mol. The lowest BCUT2D eigenvalue weighted by atomic mass is 10.0. The molecule has 0 aliphatic rings. The maximum absolute atomic E-state index is 12.2. The predicted octanol–water partition coefficient (Wildman–Crippen LogP) is 5.91. The van der Waals surface area contributed by atoms with Crippen LogP contribution in [-0.2, 0) is 11.2 Å². The van der Waals surface area contributed by atoms with E-state index in [-0.39, 0.29) is 23.3 Å². The third-order valence-electron chi connectivity index (χ3n) is 5.43. The van der Waals surface area contributed by atoms with Crippen molar-refractivity contribution < 1.29 is 29.3 Å². The molecule has 0 radical (unpaired) electrons. The molecule has 0 saturated carbocycles. The van der Waals surface area contributed by atoms with Crippen LogP contribution >= 0.6 is 0 Å². The van der Waals surface area contributed by atoms with E-state index in [2.05, 4.69) is 31.2 Å². The number of unbranched alkanes of at least 4 members (excludes halogenated alkanes) is 7. The van der Waals surface area contributed by atoms with Crippen LogP contribution in [0.5, 0.6) is 0 Å². The van der Waals surface area contributed by atoms with Crippen molar-refractivity contribution in [1.82, 2.24) is 0 Å². The number of aromatic carboxylic acids is 2. The Hall–Kier alpha value is -3.15. The first-order valence-electron chi connectivity index (χ1n) is 11.2. The van der Waals surface area contributed by atoms with E-state index in [1.807, 2.05) is 0 Å². The number of hydrogen-bond acceptors (Lipinski definition) is 4. The molecule has 0 bridgehead atoms. The molecule has 0 unspecified atom stereocenters. The third-order valence-corrected chi connectivity index (χ3v) is 5.43. The summed E-state index contributed by atoms with van der Waals surface area (Å²) in [6, 6.07) is 12.0. The molecule has 0 atom stereocenters. The van der Waals surface area contributed by atoms with Crippen molar-refractivity contribution in [1.29, 1.82) is 0 Å². The minimum Gasteiger partial charge on any atom is -0.478 e. The molecule has 0 spiro atoms. The number of hydrogen-bond donors (Lipinski definition) is 2. The summed E-state index contributed by atoms with van der Waals surface area (Å²) in [7, 11) is 0. The van der Waals surface area contributed by atoms with Crippen molar-refractivity contribution in [2.45, 2.75) is 64.7 Å². The molecule has 0 amide bonds. The molecule has 2 aromatic rings. The second-order valence-corrected chi connectivity index (χ2v) is 8.07. The van der Waals surface area contributed by atoms with Crippen LogP contribution in [0.4, 0.5) is 0 Å². The van der Waals surface area contributed by atoms with E-state index < -0.39 is 17.9 Å². The number of benzene rings is 2. The van der Waals surface area contributed by atoms with Crippen LogP contribution in [0.15, 0.2) is 42.5 Å². The Labute approximate surface area is 189 Å². The van der Waals surface area contributed by atoms with Crippen molar-refractivity contribution in [3.8, 4) is 0 Å². The second kappa shape index (κ2) is 13.3. The molecule has 6 nitrogen and oxygen atoms in total. The molecular formula is C26H32O6. The highest BCUT2D eigenvalue weighted by Gasteiger charge is 2.20. The standard InChI is InChI=1S/C26H32O6/c1-19-11-13-20(14-12-19)10-8-6-4-2-3-5-7-9-17-32-26(31)23-18-21(24(27)28)15-16-22(23)25(29)30/h11-16,18H,2-10,17H2,1H3,(H,27,28)(H,29,30). The molecule has 0 aliphatic heterocycles. The summed E-state index contributed by atoms with van der Waals surface area (Å²) in [5, 5.41) is 18.2. The highest BCUT2D eigenvalue weighted by atomic mass is 16.5. The fourth-order valence-corrected chi connectivity index (χ4v) is 3.52. The van der Waals surface area contributed by atoms with Crippen molar-refractivity contribution in [2.24, 2.45) is 0 Å². The highest BCUT2D eigenvalue weighted by Crippen LogP contribution is 2.15. The van der Waals surface area contributed by atoms with Gasteiger partial charge in [-0.05, 0) is 49.9 Å². The predicted molar refractivity (Wildman–Crippen MR) is 122 cm³/mol. The molecule has 0 aromatic heterocycles. The van der Waals surface area contributed by atoms with E-state index in [1.54, 1.807) is 0 Å². The topological polar surface area (TPSA) is 101 Å². The van der Waals surface area contributed by atoms with Crippen LogP contribution in [0.3, 0.4) is 0 Å². The van der Waals surface area contributed by atoms with Gasteiger partial charge in [-0.1, -0.05) is 68.4 Å². The molecule has 2 N–H and O–H groups in total.